The van der Waals surface area contributed by atoms with Crippen LogP contribution >= 0.6 is 0 Å². The molecular weight excluding hydrogens is 1350 g/mol. The van der Waals surface area contributed by atoms with Crippen molar-refractivity contribution in [1.29, 1.82) is 0 Å². The molecule has 0 aliphatic heterocycles. The van der Waals surface area contributed by atoms with Crippen molar-refractivity contribution in [3.8, 4) is 0 Å². The minimum absolute atomic E-state index is 0.0674. The number of nitrogens with one attached hydrogen (secondary N) is 6. The van der Waals surface area contributed by atoms with Crippen molar-refractivity contribution < 1.29 is 28.8 Å². The van der Waals surface area contributed by atoms with Crippen LogP contribution in [0.2, 0.25) is 0 Å². The number of aryl methyl sites for hydroxylation is 3. The van der Waals surface area contributed by atoms with Crippen molar-refractivity contribution in [3.05, 3.63) is 142 Å². The Morgan fingerprint density at radius 1 is 0.367 bits per heavy atom. The molecule has 0 spiro atoms. The maximum atomic E-state index is 12.1. The van der Waals surface area contributed by atoms with E-state index in [0.717, 1.165) is 75.7 Å². The zero-order valence-corrected chi connectivity index (χ0v) is 74.2. The van der Waals surface area contributed by atoms with Gasteiger partial charge in [-0.05, 0) is 207 Å². The molecule has 6 amide bonds. The highest BCUT2D eigenvalue weighted by Gasteiger charge is 2.61. The maximum Gasteiger partial charge on any atom is 0.223 e. The molecule has 4 aromatic rings. The summed E-state index contributed by atoms with van der Waals surface area (Å²) in [7, 11) is 0. The van der Waals surface area contributed by atoms with E-state index in [9.17, 15) is 28.8 Å². The third-order valence-electron chi connectivity index (χ3n) is 23.6. The number of carbonyl (C=O) groups is 6. The van der Waals surface area contributed by atoms with Crippen LogP contribution in [0.4, 0.5) is 0 Å². The Hall–Kier alpha value is -6.30. The summed E-state index contributed by atoms with van der Waals surface area (Å²) in [6.45, 7) is 55.5. The van der Waals surface area contributed by atoms with E-state index in [2.05, 4.69) is 138 Å². The average molecular weight is 1510 g/mol. The molecular formula is C97H160N6O6. The summed E-state index contributed by atoms with van der Waals surface area (Å²) in [5.74, 6) is 4.80. The van der Waals surface area contributed by atoms with Crippen LogP contribution in [0.25, 0.3) is 0 Å². The first kappa shape index (κ1) is 96.9. The molecule has 5 unspecified atom stereocenters. The fraction of sp³-hybridized carbons (Fsp3) is 0.691. The minimum atomic E-state index is 0.0674. The molecule has 0 heterocycles. The zero-order chi connectivity index (χ0) is 82.2. The van der Waals surface area contributed by atoms with Crippen molar-refractivity contribution in [2.24, 2.45) is 69.5 Å². The van der Waals surface area contributed by atoms with E-state index >= 15 is 0 Å². The molecule has 0 saturated heterocycles. The van der Waals surface area contributed by atoms with Crippen LogP contribution in [0, 0.1) is 69.5 Å². The van der Waals surface area contributed by atoms with Gasteiger partial charge in [-0.25, -0.2) is 0 Å². The lowest BCUT2D eigenvalue weighted by atomic mass is 9.43. The van der Waals surface area contributed by atoms with Crippen molar-refractivity contribution in [2.45, 2.75) is 357 Å². The molecule has 8 saturated carbocycles. The van der Waals surface area contributed by atoms with Crippen LogP contribution in [0.3, 0.4) is 0 Å². The van der Waals surface area contributed by atoms with E-state index in [1.807, 2.05) is 178 Å². The molecule has 12 heteroatoms. The summed E-state index contributed by atoms with van der Waals surface area (Å²) < 4.78 is 0. The van der Waals surface area contributed by atoms with Crippen LogP contribution in [0.1, 0.15) is 352 Å². The molecule has 8 bridgehead atoms. The van der Waals surface area contributed by atoms with Crippen molar-refractivity contribution in [3.63, 3.8) is 0 Å². The number of amides is 6. The second kappa shape index (κ2) is 46.6. The molecule has 12 aliphatic rings. The largest absolute Gasteiger partial charge is 0.355 e. The van der Waals surface area contributed by atoms with Gasteiger partial charge in [0.25, 0.3) is 0 Å². The van der Waals surface area contributed by atoms with Gasteiger partial charge >= 0.3 is 0 Å². The van der Waals surface area contributed by atoms with Gasteiger partial charge in [0.1, 0.15) is 0 Å². The van der Waals surface area contributed by atoms with Crippen molar-refractivity contribution >= 4 is 35.4 Å². The highest BCUT2D eigenvalue weighted by atomic mass is 16.2. The van der Waals surface area contributed by atoms with Gasteiger partial charge in [0.15, 0.2) is 0 Å². The van der Waals surface area contributed by atoms with Gasteiger partial charge in [-0.2, -0.15) is 0 Å². The first-order valence-corrected chi connectivity index (χ1v) is 44.0. The maximum absolute atomic E-state index is 12.1. The predicted octanol–water partition coefficient (Wildman–Crippen LogP) is 22.5. The molecule has 7 atom stereocenters. The molecule has 109 heavy (non-hydrogen) atoms. The Labute approximate surface area is 667 Å². The first-order chi connectivity index (χ1) is 51.9. The normalized spacial score (nSPS) is 26.1. The van der Waals surface area contributed by atoms with Gasteiger partial charge < -0.3 is 31.9 Å². The molecule has 8 fully saturated rings. The smallest absolute Gasteiger partial charge is 0.223 e. The summed E-state index contributed by atoms with van der Waals surface area (Å²) >= 11 is 0. The van der Waals surface area contributed by atoms with Crippen LogP contribution < -0.4 is 31.9 Å². The molecule has 4 aromatic carbocycles. The molecule has 16 rings (SSSR count). The Bertz CT molecular complexity index is 3250. The van der Waals surface area contributed by atoms with E-state index < -0.39 is 0 Å². The monoisotopic (exact) mass is 1510 g/mol. The van der Waals surface area contributed by atoms with Gasteiger partial charge in [0.2, 0.25) is 35.4 Å². The van der Waals surface area contributed by atoms with E-state index in [1.54, 1.807) is 0 Å². The van der Waals surface area contributed by atoms with Gasteiger partial charge in [-0.1, -0.05) is 290 Å². The Morgan fingerprint density at radius 3 is 1.09 bits per heavy atom. The molecule has 12 nitrogen and oxygen atoms in total. The van der Waals surface area contributed by atoms with Crippen molar-refractivity contribution in [1.82, 2.24) is 31.9 Å². The molecule has 6 N–H and O–H groups in total. The van der Waals surface area contributed by atoms with E-state index in [1.165, 1.54) is 128 Å². The van der Waals surface area contributed by atoms with Crippen LogP contribution in [0.5, 0.6) is 0 Å². The summed E-state index contributed by atoms with van der Waals surface area (Å²) in [5.41, 5.74) is 12.8. The highest BCUT2D eigenvalue weighted by molar-refractivity contribution is 5.81. The number of hydrogen-bond acceptors (Lipinski definition) is 6. The van der Waals surface area contributed by atoms with Crippen molar-refractivity contribution in [2.75, 3.05) is 6.54 Å². The van der Waals surface area contributed by atoms with E-state index in [4.69, 9.17) is 0 Å². The second-order valence-electron chi connectivity index (χ2n) is 34.6. The van der Waals surface area contributed by atoms with E-state index in [0.29, 0.717) is 28.2 Å². The minimum Gasteiger partial charge on any atom is -0.355 e. The third kappa shape index (κ3) is 28.1. The summed E-state index contributed by atoms with van der Waals surface area (Å²) in [5, 5.41) is 19.2. The Kier molecular flexibility index (Phi) is 41.5. The second-order valence-corrected chi connectivity index (χ2v) is 34.6. The lowest BCUT2D eigenvalue weighted by molar-refractivity contribution is -0.142. The highest BCUT2D eigenvalue weighted by Crippen LogP contribution is 2.66. The van der Waals surface area contributed by atoms with Crippen LogP contribution in [-0.2, 0) is 60.9 Å². The lowest BCUT2D eigenvalue weighted by Crippen LogP contribution is -2.65. The van der Waals surface area contributed by atoms with Gasteiger partial charge in [0.05, 0.1) is 12.1 Å². The molecule has 614 valence electrons. The van der Waals surface area contributed by atoms with Crippen LogP contribution in [-0.4, -0.2) is 59.1 Å². The molecule has 12 aliphatic carbocycles. The fourth-order valence-electron chi connectivity index (χ4n) is 19.8. The molecule has 0 aromatic heterocycles. The SMILES string of the molecule is CC.CC.CC.CC.CC.CC.CC(C)C(=O)NC12CC3CC(C)(CC(C)(C3)C1)C2.CC(C)C(=O)NC1Cc2ccccc2C1.CC(C)C(=O)NCC1CCc2ccccc21.CC(C)C(=O)N[C@@H]1CCc2ccccc21.CC(C)C(=O)N[C@H]1CCc2ccccc21.CCC12CC3CC(C1)CC(NC(=O)C(C)C)(C3)C2. The van der Waals surface area contributed by atoms with Crippen LogP contribution in [0.15, 0.2) is 97.1 Å². The Morgan fingerprint density at radius 2 is 0.706 bits per heavy atom. The number of benzene rings is 4. The van der Waals surface area contributed by atoms with Gasteiger partial charge in [0, 0.05) is 65.1 Å². The lowest BCUT2D eigenvalue weighted by Gasteiger charge is -2.65. The topological polar surface area (TPSA) is 175 Å². The summed E-state index contributed by atoms with van der Waals surface area (Å²) in [6.07, 6.45) is 25.7. The zero-order valence-electron chi connectivity index (χ0n) is 74.2. The van der Waals surface area contributed by atoms with E-state index in [-0.39, 0.29) is 94.1 Å². The summed E-state index contributed by atoms with van der Waals surface area (Å²) in [4.78, 5) is 70.5. The summed E-state index contributed by atoms with van der Waals surface area (Å²) in [6, 6.07) is 34.5. The molecule has 0 radical (unpaired) electrons. The average Bonchev–Trinajstić information content (AvgIpc) is 1.54. The van der Waals surface area contributed by atoms with Gasteiger partial charge in [-0.15, -0.1) is 0 Å². The fourth-order valence-corrected chi connectivity index (χ4v) is 19.8. The number of rotatable bonds is 14. The van der Waals surface area contributed by atoms with Gasteiger partial charge in [-0.3, -0.25) is 28.8 Å². The first-order valence-electron chi connectivity index (χ1n) is 44.0. The number of hydrogen-bond donors (Lipinski definition) is 6. The quantitative estimate of drug-likeness (QED) is 0.0733. The number of fused-ring (bicyclic) bond motifs is 4. The third-order valence-corrected chi connectivity index (χ3v) is 23.6. The number of carbonyl (C=O) groups excluding carboxylic acids is 6. The Balaban J connectivity index is 0.000000330. The predicted molar refractivity (Wildman–Crippen MR) is 461 cm³/mol. The standard InChI is InChI=1S/2C16H27NO.C14H19NO.3C13H17NO.6C2H6/c1-11(2)13(18)17-16-7-12-5-14(3,9-16)8-15(4,6-12)10-16;1-4-15-6-12-5-13(7-15)9-16(8-12,10-15)17-14(18)11(2)3;1-10(2)14(16)15-9-12-8-7-11-5-3-4-6-13(11)12;1-9(2)13(15)14-12-7-10-5-3-4-6-11(10)8-12;2*1-9(2)13(15)14-12-8-7-10-5-3-4-6-11(10)12;6*1-2/h11-12H,5-10H2,1-4H3,(H,17,18);11-13H,4-10H2,1-3H3,(H,17,18);3-6,10,12H,7-9H2,1-2H3,(H,15,16);3*3-6,9,12H,7-8H2,1-2H3,(H,14,15);6*1-2H3/t;;;;2*12-;;;;;;/m....10....../s1.